The minimum Gasteiger partial charge on any atom is -0.496 e. The number of methoxy groups -OCH3 is 1. The standard InChI is InChI=1S/C21H24ClN3O3/c1-5-25-21(26)18(22)19(20(24-25)28-13(2)3)23-12-14-10-11-17(27-4)16-9-7-6-8-15(14)16/h6-11,13,23H,5,12H2,1-4H3. The van der Waals surface area contributed by atoms with Crippen LogP contribution >= 0.6 is 11.6 Å². The highest BCUT2D eigenvalue weighted by Crippen LogP contribution is 2.32. The zero-order chi connectivity index (χ0) is 20.3. The molecule has 0 aliphatic rings. The second kappa shape index (κ2) is 8.52. The maximum Gasteiger partial charge on any atom is 0.287 e. The van der Waals surface area contributed by atoms with Crippen molar-refractivity contribution in [3.8, 4) is 11.6 Å². The average molecular weight is 402 g/mol. The van der Waals surface area contributed by atoms with Crippen molar-refractivity contribution in [1.82, 2.24) is 9.78 Å². The van der Waals surface area contributed by atoms with E-state index in [4.69, 9.17) is 21.1 Å². The zero-order valence-corrected chi connectivity index (χ0v) is 17.2. The number of aromatic nitrogens is 2. The molecule has 1 N–H and O–H groups in total. The largest absolute Gasteiger partial charge is 0.496 e. The van der Waals surface area contributed by atoms with Crippen molar-refractivity contribution in [2.24, 2.45) is 0 Å². The van der Waals surface area contributed by atoms with Gasteiger partial charge in [-0.05, 0) is 37.8 Å². The fraction of sp³-hybridized carbons (Fsp3) is 0.333. The molecule has 3 rings (SSSR count). The van der Waals surface area contributed by atoms with E-state index in [0.29, 0.717) is 24.7 Å². The van der Waals surface area contributed by atoms with E-state index in [0.717, 1.165) is 22.1 Å². The van der Waals surface area contributed by atoms with Gasteiger partial charge in [0.15, 0.2) is 0 Å². The highest BCUT2D eigenvalue weighted by molar-refractivity contribution is 6.33. The average Bonchev–Trinajstić information content (AvgIpc) is 2.69. The molecule has 0 atom stereocenters. The first kappa shape index (κ1) is 20.0. The Hall–Kier alpha value is -2.73. The molecule has 148 valence electrons. The Labute approximate surface area is 169 Å². The first-order valence-corrected chi connectivity index (χ1v) is 9.59. The van der Waals surface area contributed by atoms with Crippen LogP contribution in [-0.2, 0) is 13.1 Å². The lowest BCUT2D eigenvalue weighted by Crippen LogP contribution is -2.25. The first-order valence-electron chi connectivity index (χ1n) is 9.22. The van der Waals surface area contributed by atoms with Gasteiger partial charge in [0.25, 0.3) is 11.4 Å². The Balaban J connectivity index is 2.00. The molecule has 3 aromatic rings. The van der Waals surface area contributed by atoms with Crippen LogP contribution in [0.4, 0.5) is 5.69 Å². The Morgan fingerprint density at radius 1 is 1.18 bits per heavy atom. The van der Waals surface area contributed by atoms with Gasteiger partial charge in [0.05, 0.1) is 13.2 Å². The van der Waals surface area contributed by atoms with Gasteiger partial charge in [-0.15, -0.1) is 5.10 Å². The molecule has 0 unspecified atom stereocenters. The van der Waals surface area contributed by atoms with E-state index in [1.54, 1.807) is 7.11 Å². The predicted molar refractivity (Wildman–Crippen MR) is 113 cm³/mol. The molecule has 0 radical (unpaired) electrons. The van der Waals surface area contributed by atoms with Crippen molar-refractivity contribution in [1.29, 1.82) is 0 Å². The number of nitrogens with one attached hydrogen (secondary N) is 1. The molecule has 0 aliphatic heterocycles. The first-order chi connectivity index (χ1) is 13.5. The van der Waals surface area contributed by atoms with Crippen LogP contribution in [0.1, 0.15) is 26.3 Å². The lowest BCUT2D eigenvalue weighted by atomic mass is 10.0. The van der Waals surface area contributed by atoms with Crippen LogP contribution in [0.2, 0.25) is 5.02 Å². The number of halogens is 1. The Kier molecular flexibility index (Phi) is 6.09. The molecule has 0 aliphatic carbocycles. The molecule has 0 saturated carbocycles. The van der Waals surface area contributed by atoms with Gasteiger partial charge in [0.2, 0.25) is 0 Å². The second-order valence-corrected chi connectivity index (χ2v) is 6.99. The number of hydrogen-bond donors (Lipinski definition) is 1. The number of nitrogens with zero attached hydrogens (tertiary/aromatic N) is 2. The van der Waals surface area contributed by atoms with Crippen LogP contribution in [0.5, 0.6) is 11.6 Å². The van der Waals surface area contributed by atoms with Crippen molar-refractivity contribution in [2.45, 2.75) is 40.0 Å². The van der Waals surface area contributed by atoms with Gasteiger partial charge in [-0.25, -0.2) is 4.68 Å². The van der Waals surface area contributed by atoms with E-state index >= 15 is 0 Å². The fourth-order valence-corrected chi connectivity index (χ4v) is 3.29. The molecule has 1 aromatic heterocycles. The summed E-state index contributed by atoms with van der Waals surface area (Å²) in [6, 6.07) is 11.9. The molecule has 0 saturated heterocycles. The molecule has 0 amide bonds. The molecular weight excluding hydrogens is 378 g/mol. The fourth-order valence-electron chi connectivity index (χ4n) is 3.04. The van der Waals surface area contributed by atoms with E-state index in [9.17, 15) is 4.79 Å². The van der Waals surface area contributed by atoms with Gasteiger partial charge in [-0.1, -0.05) is 41.9 Å². The van der Waals surface area contributed by atoms with Gasteiger partial charge in [0, 0.05) is 18.5 Å². The van der Waals surface area contributed by atoms with Crippen LogP contribution in [0, 0.1) is 0 Å². The lowest BCUT2D eigenvalue weighted by Gasteiger charge is -2.18. The highest BCUT2D eigenvalue weighted by Gasteiger charge is 2.18. The van der Waals surface area contributed by atoms with Crippen molar-refractivity contribution in [3.05, 3.63) is 57.3 Å². The van der Waals surface area contributed by atoms with Crippen molar-refractivity contribution in [3.63, 3.8) is 0 Å². The molecule has 7 heteroatoms. The molecule has 0 bridgehead atoms. The summed E-state index contributed by atoms with van der Waals surface area (Å²) in [5.41, 5.74) is 1.11. The molecule has 0 spiro atoms. The summed E-state index contributed by atoms with van der Waals surface area (Å²) >= 11 is 6.36. The summed E-state index contributed by atoms with van der Waals surface area (Å²) in [6.45, 7) is 6.50. The zero-order valence-electron chi connectivity index (χ0n) is 16.5. The third-order valence-electron chi connectivity index (χ3n) is 4.36. The monoisotopic (exact) mass is 401 g/mol. The van der Waals surface area contributed by atoms with Crippen molar-refractivity contribution < 1.29 is 9.47 Å². The summed E-state index contributed by atoms with van der Waals surface area (Å²) in [5.74, 6) is 1.13. The van der Waals surface area contributed by atoms with Crippen molar-refractivity contribution >= 4 is 28.1 Å². The maximum absolute atomic E-state index is 12.4. The summed E-state index contributed by atoms with van der Waals surface area (Å²) in [5, 5.41) is 9.72. The smallest absolute Gasteiger partial charge is 0.287 e. The minimum absolute atomic E-state index is 0.0744. The number of benzene rings is 2. The molecule has 0 fully saturated rings. The van der Waals surface area contributed by atoms with E-state index in [-0.39, 0.29) is 16.7 Å². The van der Waals surface area contributed by atoms with Gasteiger partial charge in [0.1, 0.15) is 16.5 Å². The summed E-state index contributed by atoms with van der Waals surface area (Å²) in [6.07, 6.45) is -0.103. The number of aryl methyl sites for hydroxylation is 1. The van der Waals surface area contributed by atoms with Gasteiger partial charge in [-0.2, -0.15) is 0 Å². The Morgan fingerprint density at radius 3 is 2.54 bits per heavy atom. The van der Waals surface area contributed by atoms with Gasteiger partial charge in [-0.3, -0.25) is 4.79 Å². The normalized spacial score (nSPS) is 11.1. The van der Waals surface area contributed by atoms with Crippen LogP contribution < -0.4 is 20.3 Å². The Bertz CT molecular complexity index is 1050. The van der Waals surface area contributed by atoms with Crippen LogP contribution in [0.3, 0.4) is 0 Å². The summed E-state index contributed by atoms with van der Waals surface area (Å²) in [4.78, 5) is 12.4. The quantitative estimate of drug-likeness (QED) is 0.632. The minimum atomic E-state index is -0.345. The van der Waals surface area contributed by atoms with E-state index < -0.39 is 0 Å². The molecule has 28 heavy (non-hydrogen) atoms. The van der Waals surface area contributed by atoms with Gasteiger partial charge < -0.3 is 14.8 Å². The number of rotatable bonds is 7. The number of fused-ring (bicyclic) bond motifs is 1. The predicted octanol–water partition coefficient (Wildman–Crippen LogP) is 4.48. The summed E-state index contributed by atoms with van der Waals surface area (Å²) < 4.78 is 12.6. The third kappa shape index (κ3) is 3.92. The second-order valence-electron chi connectivity index (χ2n) is 6.61. The maximum atomic E-state index is 12.4. The van der Waals surface area contributed by atoms with Crippen LogP contribution in [0.25, 0.3) is 10.8 Å². The van der Waals surface area contributed by atoms with E-state index in [1.807, 2.05) is 57.2 Å². The van der Waals surface area contributed by atoms with E-state index in [1.165, 1.54) is 4.68 Å². The van der Waals surface area contributed by atoms with Crippen LogP contribution in [0.15, 0.2) is 41.2 Å². The highest BCUT2D eigenvalue weighted by atomic mass is 35.5. The van der Waals surface area contributed by atoms with Gasteiger partial charge >= 0.3 is 0 Å². The number of hydrogen-bond acceptors (Lipinski definition) is 5. The Morgan fingerprint density at radius 2 is 1.89 bits per heavy atom. The molecule has 2 aromatic carbocycles. The number of ether oxygens (including phenoxy) is 2. The number of anilines is 1. The lowest BCUT2D eigenvalue weighted by molar-refractivity contribution is 0.227. The molecule has 1 heterocycles. The van der Waals surface area contributed by atoms with E-state index in [2.05, 4.69) is 10.4 Å². The summed E-state index contributed by atoms with van der Waals surface area (Å²) in [7, 11) is 1.66. The molecular formula is C21H24ClN3O3. The van der Waals surface area contributed by atoms with Crippen molar-refractivity contribution in [2.75, 3.05) is 12.4 Å². The topological polar surface area (TPSA) is 65.4 Å². The SMILES string of the molecule is CCn1nc(OC(C)C)c(NCc2ccc(OC)c3ccccc23)c(Cl)c1=O. The third-order valence-corrected chi connectivity index (χ3v) is 4.71. The van der Waals surface area contributed by atoms with Crippen LogP contribution in [-0.4, -0.2) is 23.0 Å². The molecule has 6 nitrogen and oxygen atoms in total.